The van der Waals surface area contributed by atoms with Crippen LogP contribution in [0.4, 0.5) is 0 Å². The van der Waals surface area contributed by atoms with E-state index in [-0.39, 0.29) is 56.8 Å². The number of unbranched alkanes of at least 4 members (excludes halogenated alkanes) is 1. The zero-order chi connectivity index (χ0) is 51.7. The molecule has 2 saturated carbocycles. The fourth-order valence-electron chi connectivity index (χ4n) is 7.76. The van der Waals surface area contributed by atoms with Crippen LogP contribution in [0.3, 0.4) is 0 Å². The van der Waals surface area contributed by atoms with Crippen LogP contribution in [-0.4, -0.2) is 93.9 Å². The first-order chi connectivity index (χ1) is 34.9. The van der Waals surface area contributed by atoms with E-state index in [0.717, 1.165) is 30.0 Å². The van der Waals surface area contributed by atoms with Crippen molar-refractivity contribution in [2.45, 2.75) is 76.7 Å². The summed E-state index contributed by atoms with van der Waals surface area (Å²) in [7, 11) is 0. The molecule has 2 aliphatic rings. The van der Waals surface area contributed by atoms with Gasteiger partial charge < -0.3 is 52.8 Å². The second-order valence-electron chi connectivity index (χ2n) is 16.9. The van der Waals surface area contributed by atoms with E-state index in [1.54, 1.807) is 66.7 Å². The van der Waals surface area contributed by atoms with E-state index in [0.29, 0.717) is 106 Å². The largest absolute Gasteiger partial charge is 0.490 e. The highest BCUT2D eigenvalue weighted by Gasteiger charge is 2.34. The molecule has 0 bridgehead atoms. The van der Waals surface area contributed by atoms with Gasteiger partial charge >= 0.3 is 41.8 Å². The Morgan fingerprint density at radius 1 is 0.528 bits per heavy atom. The van der Waals surface area contributed by atoms with Gasteiger partial charge in [0.1, 0.15) is 35.4 Å². The fourth-order valence-corrected chi connectivity index (χ4v) is 7.76. The molecule has 72 heavy (non-hydrogen) atoms. The number of ether oxygens (including phenoxy) is 10. The Hall–Kier alpha value is -7.60. The Morgan fingerprint density at radius 2 is 1.01 bits per heavy atom. The van der Waals surface area contributed by atoms with Gasteiger partial charge in [0.05, 0.1) is 43.5 Å². The van der Waals surface area contributed by atoms with E-state index in [1.807, 2.05) is 0 Å². The van der Waals surface area contributed by atoms with E-state index < -0.39 is 53.8 Å². The Balaban J connectivity index is 0.959. The molecular weight excluding hydrogens is 935 g/mol. The summed E-state index contributed by atoms with van der Waals surface area (Å²) < 4.78 is 54.3. The number of benzene rings is 3. The van der Waals surface area contributed by atoms with Crippen LogP contribution in [0.25, 0.3) is 0 Å². The molecule has 0 spiro atoms. The Kier molecular flexibility index (Phi) is 22.7. The van der Waals surface area contributed by atoms with E-state index in [2.05, 4.69) is 19.7 Å². The zero-order valence-electron chi connectivity index (χ0n) is 40.1. The van der Waals surface area contributed by atoms with Crippen molar-refractivity contribution >= 4 is 48.0 Å². The van der Waals surface area contributed by atoms with Gasteiger partial charge in [-0.2, -0.15) is 0 Å². The lowest BCUT2D eigenvalue weighted by Crippen LogP contribution is -2.30. The van der Waals surface area contributed by atoms with Crippen LogP contribution >= 0.6 is 0 Å². The third-order valence-electron chi connectivity index (χ3n) is 11.8. The van der Waals surface area contributed by atoms with Crippen molar-refractivity contribution in [1.82, 2.24) is 0 Å². The fraction of sp³-hybridized carbons (Fsp3) is 0.407. The molecule has 5 rings (SSSR count). The summed E-state index contributed by atoms with van der Waals surface area (Å²) in [4.78, 5) is 86.2. The maximum atomic E-state index is 13.2. The van der Waals surface area contributed by atoms with Gasteiger partial charge in [0.15, 0.2) is 6.10 Å². The number of carbonyl (C=O) groups is 7. The minimum absolute atomic E-state index is 0.00816. The molecule has 0 radical (unpaired) electrons. The smallest absolute Gasteiger partial charge is 0.333 e. The summed E-state index contributed by atoms with van der Waals surface area (Å²) in [5.41, 5.74) is 1.17. The lowest BCUT2D eigenvalue weighted by molar-refractivity contribution is -0.152. The highest BCUT2D eigenvalue weighted by atomic mass is 16.7. The van der Waals surface area contributed by atoms with Gasteiger partial charge in [-0.3, -0.25) is 19.2 Å². The van der Waals surface area contributed by atoms with Crippen LogP contribution in [-0.2, 0) is 63.7 Å². The van der Waals surface area contributed by atoms with Gasteiger partial charge in [-0.05, 0) is 130 Å². The zero-order valence-corrected chi connectivity index (χ0v) is 40.1. The average molecular weight is 996 g/mol. The number of hydrogen-bond acceptors (Lipinski definition) is 18. The molecule has 0 saturated heterocycles. The first kappa shape index (κ1) is 55.3. The lowest BCUT2D eigenvalue weighted by Gasteiger charge is -2.26. The van der Waals surface area contributed by atoms with Crippen LogP contribution in [0.15, 0.2) is 105 Å². The van der Waals surface area contributed by atoms with Crippen molar-refractivity contribution in [3.05, 3.63) is 116 Å². The summed E-state index contributed by atoms with van der Waals surface area (Å²) >= 11 is 0. The molecular formula is C54H61NO17. The molecule has 384 valence electrons. The maximum Gasteiger partial charge on any atom is 0.333 e. The third-order valence-corrected chi connectivity index (χ3v) is 11.8. The summed E-state index contributed by atoms with van der Waals surface area (Å²) in [6.07, 6.45) is 8.70. The van der Waals surface area contributed by atoms with E-state index in [4.69, 9.17) is 52.8 Å². The molecule has 3 aromatic rings. The first-order valence-electron chi connectivity index (χ1n) is 23.8. The minimum atomic E-state index is -0.724. The molecule has 0 aliphatic heterocycles. The molecule has 3 aromatic carbocycles. The number of esters is 7. The van der Waals surface area contributed by atoms with Crippen molar-refractivity contribution in [2.75, 3.05) is 39.8 Å². The topological polar surface area (TPSA) is 236 Å². The molecule has 0 amide bonds. The quantitative estimate of drug-likeness (QED) is 0.0140. The monoisotopic (exact) mass is 995 g/mol. The van der Waals surface area contributed by atoms with Crippen molar-refractivity contribution in [2.24, 2.45) is 23.7 Å². The van der Waals surface area contributed by atoms with E-state index in [9.17, 15) is 33.6 Å². The van der Waals surface area contributed by atoms with Gasteiger partial charge in [-0.15, -0.1) is 0 Å². The molecule has 0 aromatic heterocycles. The third kappa shape index (κ3) is 18.6. The summed E-state index contributed by atoms with van der Waals surface area (Å²) in [6.45, 7) is 10.5. The van der Waals surface area contributed by atoms with Gasteiger partial charge in [0.25, 0.3) is 0 Å². The van der Waals surface area contributed by atoms with Crippen LogP contribution in [0.2, 0.25) is 0 Å². The second kappa shape index (κ2) is 29.6. The molecule has 1 N–H and O–H groups in total. The minimum Gasteiger partial charge on any atom is -0.490 e. The van der Waals surface area contributed by atoms with Crippen molar-refractivity contribution in [3.8, 4) is 28.7 Å². The number of rotatable bonds is 28. The normalized spacial score (nSPS) is 17.6. The van der Waals surface area contributed by atoms with Gasteiger partial charge in [-0.1, -0.05) is 25.8 Å². The highest BCUT2D eigenvalue weighted by Crippen LogP contribution is 2.34. The van der Waals surface area contributed by atoms with Crippen molar-refractivity contribution in [3.63, 3.8) is 0 Å². The van der Waals surface area contributed by atoms with Crippen LogP contribution < -0.4 is 23.7 Å². The van der Waals surface area contributed by atoms with Crippen LogP contribution in [0, 0.1) is 29.1 Å². The Bertz CT molecular complexity index is 2350. The number of nitrogens with one attached hydrogen (secondary N) is 1. The highest BCUT2D eigenvalue weighted by molar-refractivity contribution is 5.85. The number of hydrogen-bond donors (Lipinski definition) is 1. The molecule has 1 atom stereocenters. The Morgan fingerprint density at radius 3 is 1.56 bits per heavy atom. The maximum absolute atomic E-state index is 13.2. The van der Waals surface area contributed by atoms with Crippen molar-refractivity contribution in [1.29, 1.82) is 5.41 Å². The van der Waals surface area contributed by atoms with Crippen LogP contribution in [0.1, 0.15) is 75.3 Å². The van der Waals surface area contributed by atoms with E-state index in [1.165, 1.54) is 0 Å². The summed E-state index contributed by atoms with van der Waals surface area (Å²) in [5, 5.41) is 7.95. The molecule has 1 unspecified atom stereocenters. The van der Waals surface area contributed by atoms with Gasteiger partial charge in [0.2, 0.25) is 6.79 Å². The summed E-state index contributed by atoms with van der Waals surface area (Å²) in [5.74, 6) is -3.14. The molecule has 2 aliphatic carbocycles. The standard InChI is InChI=1S/C54H61NO17/c1-4-48(56)64-29-8-7-28-63-33-46(69-50(58)6-3)34-66-42-18-22-44(23-19-42)70-52(60)38-12-10-37(11-13-38)51(59)65-30-27-36-9-26-47(41(31-36)32-55)72-54(62)40-16-14-39(15-17-40)53(61)71-45-24-20-43(21-25-45)67-35-68-49(57)5-2/h4-6,9,18-26,31-32,37-40,46,55H,1-3,7-8,10-17,27-30,33-35H2. The average Bonchev–Trinajstić information content (AvgIpc) is 3.40. The van der Waals surface area contributed by atoms with Gasteiger partial charge in [0, 0.05) is 43.0 Å². The molecule has 2 fully saturated rings. The Labute approximate surface area is 418 Å². The molecule has 18 nitrogen and oxygen atoms in total. The predicted octanol–water partition coefficient (Wildman–Crippen LogP) is 7.57. The van der Waals surface area contributed by atoms with Crippen LogP contribution in [0.5, 0.6) is 28.7 Å². The van der Waals surface area contributed by atoms with Crippen molar-refractivity contribution < 1.29 is 80.9 Å². The lowest BCUT2D eigenvalue weighted by atomic mass is 9.82. The SMILES string of the molecule is C=CC(=O)OCCCCOCC(COc1ccc(OC(=O)C2CCC(C(=O)OCCc3ccc(OC(=O)C4CCC(C(=O)Oc5ccc(OCOC(=O)C=C)cc5)CC4)c(C=N)c3)CC2)cc1)OC(=O)C=C. The summed E-state index contributed by atoms with van der Waals surface area (Å²) in [6, 6.07) is 17.8. The second-order valence-corrected chi connectivity index (χ2v) is 16.9. The first-order valence-corrected chi connectivity index (χ1v) is 23.8. The predicted molar refractivity (Wildman–Crippen MR) is 258 cm³/mol. The number of carbonyl (C=O) groups excluding carboxylic acids is 7. The molecule has 0 heterocycles. The van der Waals surface area contributed by atoms with Gasteiger partial charge in [-0.25, -0.2) is 14.4 Å². The van der Waals surface area contributed by atoms with E-state index >= 15 is 0 Å². The molecule has 18 heteroatoms.